The molecule has 1 unspecified atom stereocenters. The summed E-state index contributed by atoms with van der Waals surface area (Å²) in [7, 11) is 0. The van der Waals surface area contributed by atoms with Crippen molar-refractivity contribution >= 4 is 22.6 Å². The third kappa shape index (κ3) is 3.71. The summed E-state index contributed by atoms with van der Waals surface area (Å²) in [5.74, 6) is -0.0598. The first kappa shape index (κ1) is 18.1. The molecule has 4 rings (SSSR count). The van der Waals surface area contributed by atoms with Crippen molar-refractivity contribution < 1.29 is 23.8 Å². The van der Waals surface area contributed by atoms with E-state index in [0.29, 0.717) is 11.5 Å². The van der Waals surface area contributed by atoms with E-state index in [9.17, 15) is 14.7 Å². The predicted molar refractivity (Wildman–Crippen MR) is 103 cm³/mol. The fourth-order valence-corrected chi connectivity index (χ4v) is 3.24. The topological polar surface area (TPSA) is 80.0 Å². The van der Waals surface area contributed by atoms with Crippen LogP contribution >= 0.6 is 0 Å². The van der Waals surface area contributed by atoms with E-state index in [1.54, 1.807) is 12.1 Å². The summed E-state index contributed by atoms with van der Waals surface area (Å²) in [5, 5.41) is 11.5. The van der Waals surface area contributed by atoms with Crippen molar-refractivity contribution in [2.75, 3.05) is 0 Å². The van der Waals surface area contributed by atoms with Crippen molar-refractivity contribution in [1.29, 1.82) is 0 Å². The minimum atomic E-state index is -1.02. The molecule has 6 heteroatoms. The van der Waals surface area contributed by atoms with Crippen LogP contribution in [0.1, 0.15) is 36.1 Å². The number of furan rings is 1. The minimum Gasteiger partial charge on any atom is -0.486 e. The van der Waals surface area contributed by atoms with E-state index in [0.717, 1.165) is 23.6 Å². The van der Waals surface area contributed by atoms with Gasteiger partial charge in [-0.05, 0) is 54.8 Å². The molecule has 1 aromatic heterocycles. The van der Waals surface area contributed by atoms with Gasteiger partial charge in [0.1, 0.15) is 24.2 Å². The van der Waals surface area contributed by atoms with E-state index < -0.39 is 17.9 Å². The molecular weight excluding hydrogens is 358 g/mol. The van der Waals surface area contributed by atoms with Crippen LogP contribution < -0.4 is 4.74 Å². The zero-order valence-electron chi connectivity index (χ0n) is 15.5. The molecular formula is C22H21NO5. The molecule has 1 N–H and O–H groups in total. The molecule has 2 aromatic carbocycles. The molecule has 0 spiro atoms. The van der Waals surface area contributed by atoms with Crippen LogP contribution in [0.4, 0.5) is 0 Å². The second-order valence-electron chi connectivity index (χ2n) is 7.02. The van der Waals surface area contributed by atoms with Gasteiger partial charge in [0.15, 0.2) is 5.76 Å². The van der Waals surface area contributed by atoms with Gasteiger partial charge in [-0.15, -0.1) is 0 Å². The highest BCUT2D eigenvalue weighted by atomic mass is 16.5. The monoisotopic (exact) mass is 379 g/mol. The number of benzene rings is 2. The number of aliphatic carboxylic acids is 1. The summed E-state index contributed by atoms with van der Waals surface area (Å²) in [5.41, 5.74) is 0. The second-order valence-corrected chi connectivity index (χ2v) is 7.02. The molecule has 1 amide bonds. The second kappa shape index (κ2) is 7.38. The number of hydrogen-bond acceptors (Lipinski definition) is 4. The summed E-state index contributed by atoms with van der Waals surface area (Å²) in [4.78, 5) is 25.5. The third-order valence-electron chi connectivity index (χ3n) is 4.92. The molecule has 1 fully saturated rings. The quantitative estimate of drug-likeness (QED) is 0.669. The number of amides is 1. The fraction of sp³-hybridized carbons (Fsp3) is 0.273. The standard InChI is InChI=1S/C22H21NO5/c1-14(22(25)26)23(17-7-8-17)21(24)20-11-10-19(28-20)13-27-18-9-6-15-4-2-3-5-16(15)12-18/h2-6,9-12,14,17H,7-8,13H2,1H3,(H,25,26). The molecule has 0 radical (unpaired) electrons. The van der Waals surface area contributed by atoms with Crippen molar-refractivity contribution in [2.24, 2.45) is 0 Å². The number of carboxylic acid groups (broad SMARTS) is 1. The molecule has 0 saturated heterocycles. The Labute approximate surface area is 162 Å². The lowest BCUT2D eigenvalue weighted by atomic mass is 10.1. The Balaban J connectivity index is 1.44. The SMILES string of the molecule is CC(C(=O)O)N(C(=O)c1ccc(COc2ccc3ccccc3c2)o1)C1CC1. The highest BCUT2D eigenvalue weighted by molar-refractivity contribution is 5.94. The molecule has 1 atom stereocenters. The normalized spacial score (nSPS) is 14.6. The number of hydrogen-bond donors (Lipinski definition) is 1. The van der Waals surface area contributed by atoms with E-state index in [1.165, 1.54) is 11.8 Å². The summed E-state index contributed by atoms with van der Waals surface area (Å²) in [6.07, 6.45) is 1.64. The Hall–Kier alpha value is -3.28. The van der Waals surface area contributed by atoms with E-state index in [1.807, 2.05) is 42.5 Å². The van der Waals surface area contributed by atoms with E-state index in [4.69, 9.17) is 9.15 Å². The lowest BCUT2D eigenvalue weighted by Gasteiger charge is -2.25. The number of carbonyl (C=O) groups excluding carboxylic acids is 1. The number of nitrogens with zero attached hydrogens (tertiary/aromatic N) is 1. The van der Waals surface area contributed by atoms with Crippen molar-refractivity contribution in [3.05, 3.63) is 66.1 Å². The van der Waals surface area contributed by atoms with Crippen molar-refractivity contribution in [1.82, 2.24) is 4.90 Å². The van der Waals surface area contributed by atoms with Gasteiger partial charge < -0.3 is 19.2 Å². The first-order valence-corrected chi connectivity index (χ1v) is 9.29. The van der Waals surface area contributed by atoms with Gasteiger partial charge in [-0.1, -0.05) is 30.3 Å². The van der Waals surface area contributed by atoms with Gasteiger partial charge in [0.05, 0.1) is 0 Å². The molecule has 0 bridgehead atoms. The number of carbonyl (C=O) groups is 2. The van der Waals surface area contributed by atoms with Crippen LogP contribution in [0.15, 0.2) is 59.0 Å². The van der Waals surface area contributed by atoms with Crippen LogP contribution in [0, 0.1) is 0 Å². The lowest BCUT2D eigenvalue weighted by molar-refractivity contribution is -0.141. The molecule has 144 valence electrons. The van der Waals surface area contributed by atoms with Gasteiger partial charge in [0.2, 0.25) is 0 Å². The van der Waals surface area contributed by atoms with Crippen LogP contribution in [0.2, 0.25) is 0 Å². The summed E-state index contributed by atoms with van der Waals surface area (Å²) < 4.78 is 11.4. The van der Waals surface area contributed by atoms with Gasteiger partial charge in [0, 0.05) is 6.04 Å². The van der Waals surface area contributed by atoms with Gasteiger partial charge in [0.25, 0.3) is 5.91 Å². The molecule has 1 aliphatic carbocycles. The number of fused-ring (bicyclic) bond motifs is 1. The van der Waals surface area contributed by atoms with Crippen LogP contribution in [0.25, 0.3) is 10.8 Å². The zero-order valence-corrected chi connectivity index (χ0v) is 15.5. The maximum Gasteiger partial charge on any atom is 0.326 e. The number of ether oxygens (including phenoxy) is 1. The molecule has 1 heterocycles. The molecule has 6 nitrogen and oxygen atoms in total. The Morgan fingerprint density at radius 3 is 2.61 bits per heavy atom. The van der Waals surface area contributed by atoms with Gasteiger partial charge >= 0.3 is 5.97 Å². The highest BCUT2D eigenvalue weighted by Gasteiger charge is 2.39. The molecule has 1 saturated carbocycles. The lowest BCUT2D eigenvalue weighted by Crippen LogP contribution is -2.44. The van der Waals surface area contributed by atoms with Crippen LogP contribution in [0.5, 0.6) is 5.75 Å². The summed E-state index contributed by atoms with van der Waals surface area (Å²) in [6, 6.07) is 16.2. The van der Waals surface area contributed by atoms with Crippen molar-refractivity contribution in [2.45, 2.75) is 38.5 Å². The first-order chi connectivity index (χ1) is 13.5. The molecule has 3 aromatic rings. The fourth-order valence-electron chi connectivity index (χ4n) is 3.24. The zero-order chi connectivity index (χ0) is 19.7. The highest BCUT2D eigenvalue weighted by Crippen LogP contribution is 2.31. The van der Waals surface area contributed by atoms with Crippen molar-refractivity contribution in [3.8, 4) is 5.75 Å². The largest absolute Gasteiger partial charge is 0.486 e. The Bertz CT molecular complexity index is 1020. The number of carboxylic acids is 1. The van der Waals surface area contributed by atoms with Gasteiger partial charge in [-0.25, -0.2) is 4.79 Å². The van der Waals surface area contributed by atoms with Gasteiger partial charge in [-0.3, -0.25) is 4.79 Å². The van der Waals surface area contributed by atoms with Crippen LogP contribution in [0.3, 0.4) is 0 Å². The average Bonchev–Trinajstić information content (AvgIpc) is 3.42. The Morgan fingerprint density at radius 1 is 1.14 bits per heavy atom. The summed E-state index contributed by atoms with van der Waals surface area (Å²) >= 11 is 0. The molecule has 28 heavy (non-hydrogen) atoms. The smallest absolute Gasteiger partial charge is 0.326 e. The van der Waals surface area contributed by atoms with Crippen LogP contribution in [-0.4, -0.2) is 34.0 Å². The van der Waals surface area contributed by atoms with E-state index in [2.05, 4.69) is 0 Å². The average molecular weight is 379 g/mol. The molecule has 1 aliphatic rings. The maximum absolute atomic E-state index is 12.7. The third-order valence-corrected chi connectivity index (χ3v) is 4.92. The summed E-state index contributed by atoms with van der Waals surface area (Å²) in [6.45, 7) is 1.70. The Kier molecular flexibility index (Phi) is 4.77. The van der Waals surface area contributed by atoms with E-state index >= 15 is 0 Å². The minimum absolute atomic E-state index is 0.0269. The predicted octanol–water partition coefficient (Wildman–Crippen LogP) is 4.09. The first-order valence-electron chi connectivity index (χ1n) is 9.29. The van der Waals surface area contributed by atoms with Crippen molar-refractivity contribution in [3.63, 3.8) is 0 Å². The Morgan fingerprint density at radius 2 is 1.89 bits per heavy atom. The molecule has 0 aliphatic heterocycles. The van der Waals surface area contributed by atoms with Crippen LogP contribution in [-0.2, 0) is 11.4 Å². The van der Waals surface area contributed by atoms with E-state index in [-0.39, 0.29) is 18.4 Å². The van der Waals surface area contributed by atoms with Gasteiger partial charge in [-0.2, -0.15) is 0 Å². The maximum atomic E-state index is 12.7. The number of rotatable bonds is 7.